The van der Waals surface area contributed by atoms with E-state index >= 15 is 0 Å². The van der Waals surface area contributed by atoms with Crippen LogP contribution in [0, 0.1) is 0 Å². The second-order valence-corrected chi connectivity index (χ2v) is 4.91. The number of carboxylic acid groups (broad SMARTS) is 1. The van der Waals surface area contributed by atoms with Crippen LogP contribution in [0.3, 0.4) is 0 Å². The van der Waals surface area contributed by atoms with Crippen LogP contribution in [0.5, 0.6) is 0 Å². The summed E-state index contributed by atoms with van der Waals surface area (Å²) in [6, 6.07) is 7.79. The van der Waals surface area contributed by atoms with Crippen molar-refractivity contribution in [2.24, 2.45) is 0 Å². The lowest BCUT2D eigenvalue weighted by atomic mass is 9.74. The van der Waals surface area contributed by atoms with Gasteiger partial charge in [0.15, 0.2) is 0 Å². The molecular formula is C14H13O4-. The van der Waals surface area contributed by atoms with Crippen LogP contribution in [0.15, 0.2) is 36.4 Å². The van der Waals surface area contributed by atoms with Crippen LogP contribution in [-0.2, 0) is 25.8 Å². The largest absolute Gasteiger partial charge is 0.550 e. The Labute approximate surface area is 105 Å². The molecule has 2 atom stereocenters. The average Bonchev–Trinajstić information content (AvgIpc) is 2.39. The molecule has 94 valence electrons. The van der Waals surface area contributed by atoms with Gasteiger partial charge in [-0.25, -0.2) is 9.78 Å². The molecule has 0 saturated heterocycles. The fraction of sp³-hybridized carbons (Fsp3) is 0.357. The van der Waals surface area contributed by atoms with Gasteiger partial charge < -0.3 is 9.90 Å². The number of carbonyl (C=O) groups excluding carboxylic acids is 1. The summed E-state index contributed by atoms with van der Waals surface area (Å²) < 4.78 is 0. The Morgan fingerprint density at radius 3 is 2.56 bits per heavy atom. The molecule has 4 heteroatoms. The van der Waals surface area contributed by atoms with E-state index in [1.807, 2.05) is 43.3 Å². The molecule has 0 radical (unpaired) electrons. The standard InChI is InChI=1S/C14H14O4/c1-13-8-9-14(18-17-13,7-6-12(15)16)11-5-3-2-4-10(11)13/h2-5,8-9H,6-7H2,1H3,(H,15,16)/p-1. The van der Waals surface area contributed by atoms with Crippen molar-refractivity contribution in [3.63, 3.8) is 0 Å². The van der Waals surface area contributed by atoms with E-state index in [9.17, 15) is 9.90 Å². The Balaban J connectivity index is 2.06. The highest BCUT2D eigenvalue weighted by Gasteiger charge is 2.49. The second kappa shape index (κ2) is 3.67. The van der Waals surface area contributed by atoms with Gasteiger partial charge in [-0.15, -0.1) is 0 Å². The number of hydrogen-bond donors (Lipinski definition) is 0. The van der Waals surface area contributed by atoms with Crippen molar-refractivity contribution in [2.45, 2.75) is 31.0 Å². The first-order valence-corrected chi connectivity index (χ1v) is 5.93. The molecule has 3 aliphatic rings. The summed E-state index contributed by atoms with van der Waals surface area (Å²) in [6.07, 6.45) is 4.05. The zero-order valence-corrected chi connectivity index (χ0v) is 10.0. The summed E-state index contributed by atoms with van der Waals surface area (Å²) in [5, 5.41) is 10.7. The number of rotatable bonds is 3. The van der Waals surface area contributed by atoms with Crippen LogP contribution in [-0.4, -0.2) is 5.97 Å². The van der Waals surface area contributed by atoms with Gasteiger partial charge in [0.2, 0.25) is 0 Å². The fourth-order valence-corrected chi connectivity index (χ4v) is 2.61. The van der Waals surface area contributed by atoms with Crippen molar-refractivity contribution in [1.82, 2.24) is 0 Å². The lowest BCUT2D eigenvalue weighted by molar-refractivity contribution is -0.420. The third-order valence-electron chi connectivity index (χ3n) is 3.65. The van der Waals surface area contributed by atoms with Crippen LogP contribution in [0.1, 0.15) is 30.9 Å². The minimum Gasteiger partial charge on any atom is -0.550 e. The summed E-state index contributed by atoms with van der Waals surface area (Å²) in [4.78, 5) is 21.5. The molecule has 0 N–H and O–H groups in total. The maximum absolute atomic E-state index is 10.7. The van der Waals surface area contributed by atoms with Crippen molar-refractivity contribution in [1.29, 1.82) is 0 Å². The van der Waals surface area contributed by atoms with Gasteiger partial charge in [-0.1, -0.05) is 24.3 Å². The van der Waals surface area contributed by atoms with Gasteiger partial charge in [0.25, 0.3) is 0 Å². The second-order valence-electron chi connectivity index (χ2n) is 4.91. The Hall–Kier alpha value is -1.65. The Morgan fingerprint density at radius 2 is 1.94 bits per heavy atom. The van der Waals surface area contributed by atoms with Crippen molar-refractivity contribution in [3.05, 3.63) is 47.5 Å². The van der Waals surface area contributed by atoms with Gasteiger partial charge in [0.1, 0.15) is 11.2 Å². The minimum absolute atomic E-state index is 0.0707. The van der Waals surface area contributed by atoms with E-state index in [-0.39, 0.29) is 6.42 Å². The maximum Gasteiger partial charge on any atom is 0.147 e. The predicted octanol–water partition coefficient (Wildman–Crippen LogP) is 1.16. The van der Waals surface area contributed by atoms with Crippen LogP contribution in [0.25, 0.3) is 0 Å². The fourth-order valence-electron chi connectivity index (χ4n) is 2.61. The molecule has 0 amide bonds. The molecule has 18 heavy (non-hydrogen) atoms. The van der Waals surface area contributed by atoms with E-state index in [1.165, 1.54) is 0 Å². The first-order chi connectivity index (χ1) is 8.56. The number of benzene rings is 1. The smallest absolute Gasteiger partial charge is 0.147 e. The van der Waals surface area contributed by atoms with Gasteiger partial charge in [-0.05, 0) is 43.0 Å². The number of aliphatic carboxylic acids is 1. The number of fused-ring (bicyclic) bond motifs is 1. The number of hydrogen-bond acceptors (Lipinski definition) is 4. The number of carbonyl (C=O) groups is 1. The first kappa shape index (κ1) is 11.4. The Kier molecular flexibility index (Phi) is 2.33. The van der Waals surface area contributed by atoms with E-state index in [2.05, 4.69) is 0 Å². The van der Waals surface area contributed by atoms with Gasteiger partial charge in [0, 0.05) is 5.97 Å². The summed E-state index contributed by atoms with van der Waals surface area (Å²) in [5.41, 5.74) is 0.619. The summed E-state index contributed by atoms with van der Waals surface area (Å²) >= 11 is 0. The van der Waals surface area contributed by atoms with Crippen LogP contribution < -0.4 is 5.11 Å². The molecule has 1 aliphatic carbocycles. The highest BCUT2D eigenvalue weighted by atomic mass is 17.2. The lowest BCUT2D eigenvalue weighted by Crippen LogP contribution is -2.46. The van der Waals surface area contributed by atoms with Crippen molar-refractivity contribution < 1.29 is 19.7 Å². The zero-order chi connectivity index (χ0) is 12.8. The Morgan fingerprint density at radius 1 is 1.22 bits per heavy atom. The Bertz CT molecular complexity index is 536. The topological polar surface area (TPSA) is 58.6 Å². The van der Waals surface area contributed by atoms with Gasteiger partial charge in [-0.3, -0.25) is 0 Å². The third-order valence-corrected chi connectivity index (χ3v) is 3.65. The van der Waals surface area contributed by atoms with Crippen LogP contribution in [0.2, 0.25) is 0 Å². The maximum atomic E-state index is 10.7. The molecule has 0 aromatic heterocycles. The van der Waals surface area contributed by atoms with Gasteiger partial charge in [-0.2, -0.15) is 0 Å². The molecule has 4 nitrogen and oxygen atoms in total. The highest BCUT2D eigenvalue weighted by molar-refractivity contribution is 5.64. The summed E-state index contributed by atoms with van der Waals surface area (Å²) in [6.45, 7) is 1.92. The lowest BCUT2D eigenvalue weighted by Gasteiger charge is -2.47. The molecule has 2 aliphatic heterocycles. The highest BCUT2D eigenvalue weighted by Crippen LogP contribution is 2.50. The number of carboxylic acids is 1. The molecule has 4 rings (SSSR count). The SMILES string of the molecule is CC12C=CC(CCC(=O)[O-])(OO1)c1ccccc12. The van der Waals surface area contributed by atoms with E-state index in [0.29, 0.717) is 6.42 Å². The van der Waals surface area contributed by atoms with E-state index in [4.69, 9.17) is 9.78 Å². The van der Waals surface area contributed by atoms with E-state index < -0.39 is 17.2 Å². The molecule has 2 unspecified atom stereocenters. The quantitative estimate of drug-likeness (QED) is 0.592. The summed E-state index contributed by atoms with van der Waals surface area (Å²) in [7, 11) is 0. The zero-order valence-electron chi connectivity index (χ0n) is 10.0. The molecule has 2 heterocycles. The van der Waals surface area contributed by atoms with Gasteiger partial charge >= 0.3 is 0 Å². The molecule has 1 aromatic rings. The average molecular weight is 245 g/mol. The van der Waals surface area contributed by atoms with Gasteiger partial charge in [0.05, 0.1) is 0 Å². The van der Waals surface area contributed by atoms with E-state index in [0.717, 1.165) is 11.1 Å². The normalized spacial score (nSPS) is 32.3. The van der Waals surface area contributed by atoms with Crippen molar-refractivity contribution in [2.75, 3.05) is 0 Å². The minimum atomic E-state index is -1.09. The van der Waals surface area contributed by atoms with Crippen LogP contribution in [0.4, 0.5) is 0 Å². The van der Waals surface area contributed by atoms with Crippen LogP contribution >= 0.6 is 0 Å². The van der Waals surface area contributed by atoms with Crippen molar-refractivity contribution >= 4 is 5.97 Å². The molecule has 1 aromatic carbocycles. The molecule has 0 fully saturated rings. The molecule has 0 spiro atoms. The van der Waals surface area contributed by atoms with E-state index in [1.54, 1.807) is 0 Å². The predicted molar refractivity (Wildman–Crippen MR) is 61.0 cm³/mol. The molecular weight excluding hydrogens is 232 g/mol. The molecule has 2 bridgehead atoms. The monoisotopic (exact) mass is 245 g/mol. The summed E-state index contributed by atoms with van der Waals surface area (Å²) in [5.74, 6) is -1.09. The third kappa shape index (κ3) is 1.50. The molecule has 0 saturated carbocycles. The van der Waals surface area contributed by atoms with Crippen molar-refractivity contribution in [3.8, 4) is 0 Å². The first-order valence-electron chi connectivity index (χ1n) is 5.93.